The van der Waals surface area contributed by atoms with Crippen LogP contribution in [0.4, 0.5) is 0 Å². The smallest absolute Gasteiger partial charge is 0.136 e. The molecule has 1 fully saturated rings. The average molecular weight is 395 g/mol. The topological polar surface area (TPSA) is 52.4 Å². The van der Waals surface area contributed by atoms with Crippen LogP contribution in [0.1, 0.15) is 55.2 Å². The zero-order chi connectivity index (χ0) is 19.6. The third-order valence-electron chi connectivity index (χ3n) is 6.51. The number of piperidine rings is 1. The van der Waals surface area contributed by atoms with Crippen molar-refractivity contribution in [1.82, 2.24) is 19.7 Å². The summed E-state index contributed by atoms with van der Waals surface area (Å²) in [7, 11) is 1.70. The molecule has 0 atom stereocenters. The number of rotatable bonds is 4. The van der Waals surface area contributed by atoms with Gasteiger partial charge in [-0.3, -0.25) is 4.90 Å². The molecule has 1 saturated heterocycles. The van der Waals surface area contributed by atoms with E-state index in [0.29, 0.717) is 12.5 Å². The molecule has 0 spiro atoms. The SMILES string of the molecule is COc1ccc2c(c1)C=C(CN1CCC(c3nnc4n3CCCCC4)CC1)CO2. The van der Waals surface area contributed by atoms with Crippen LogP contribution in [0.2, 0.25) is 0 Å². The Kier molecular flexibility index (Phi) is 5.27. The standard InChI is InChI=1S/C23H30N4O2/c1-28-20-6-7-21-19(14-20)13-17(16-29-21)15-26-11-8-18(9-12-26)23-25-24-22-5-3-2-4-10-27(22)23/h6-7,13-14,18H,2-5,8-12,15-16H2,1H3. The number of nitrogens with zero attached hydrogens (tertiary/aromatic N) is 4. The molecule has 4 heterocycles. The Bertz CT molecular complexity index is 896. The molecule has 6 nitrogen and oxygen atoms in total. The van der Waals surface area contributed by atoms with E-state index in [0.717, 1.165) is 62.5 Å². The van der Waals surface area contributed by atoms with Gasteiger partial charge in [0.1, 0.15) is 29.8 Å². The lowest BCUT2D eigenvalue weighted by Crippen LogP contribution is -2.36. The van der Waals surface area contributed by atoms with Gasteiger partial charge < -0.3 is 14.0 Å². The molecule has 1 aromatic carbocycles. The fourth-order valence-electron chi connectivity index (χ4n) is 4.87. The number of benzene rings is 1. The molecule has 2 aromatic rings. The largest absolute Gasteiger partial charge is 0.497 e. The van der Waals surface area contributed by atoms with E-state index in [1.807, 2.05) is 12.1 Å². The minimum Gasteiger partial charge on any atom is -0.497 e. The van der Waals surface area contributed by atoms with E-state index in [1.165, 1.54) is 36.5 Å². The molecule has 0 unspecified atom stereocenters. The van der Waals surface area contributed by atoms with Crippen molar-refractivity contribution in [2.45, 2.75) is 51.0 Å². The van der Waals surface area contributed by atoms with Crippen LogP contribution < -0.4 is 9.47 Å². The lowest BCUT2D eigenvalue weighted by molar-refractivity contribution is 0.214. The van der Waals surface area contributed by atoms with Crippen LogP contribution in [0.3, 0.4) is 0 Å². The number of ether oxygens (including phenoxy) is 2. The molecule has 154 valence electrons. The van der Waals surface area contributed by atoms with Crippen LogP contribution >= 0.6 is 0 Å². The van der Waals surface area contributed by atoms with E-state index in [-0.39, 0.29) is 0 Å². The van der Waals surface area contributed by atoms with Gasteiger partial charge in [0.2, 0.25) is 0 Å². The molecular formula is C23H30N4O2. The van der Waals surface area contributed by atoms with E-state index in [1.54, 1.807) is 7.11 Å². The van der Waals surface area contributed by atoms with Gasteiger partial charge in [-0.1, -0.05) is 6.42 Å². The van der Waals surface area contributed by atoms with Crippen LogP contribution in [0, 0.1) is 0 Å². The number of aryl methyl sites for hydroxylation is 1. The highest BCUT2D eigenvalue weighted by atomic mass is 16.5. The second-order valence-electron chi connectivity index (χ2n) is 8.48. The Morgan fingerprint density at radius 2 is 2.00 bits per heavy atom. The maximum absolute atomic E-state index is 5.96. The lowest BCUT2D eigenvalue weighted by atomic mass is 9.95. The number of fused-ring (bicyclic) bond motifs is 2. The normalized spacial score (nSPS) is 20.2. The van der Waals surface area contributed by atoms with Crippen molar-refractivity contribution in [2.75, 3.05) is 33.4 Å². The molecule has 0 N–H and O–H groups in total. The zero-order valence-electron chi connectivity index (χ0n) is 17.3. The first-order valence-electron chi connectivity index (χ1n) is 10.9. The predicted molar refractivity (Wildman–Crippen MR) is 112 cm³/mol. The van der Waals surface area contributed by atoms with Crippen molar-refractivity contribution in [3.05, 3.63) is 41.0 Å². The number of methoxy groups -OCH3 is 1. The Balaban J connectivity index is 1.22. The first-order valence-corrected chi connectivity index (χ1v) is 10.9. The first kappa shape index (κ1) is 18.7. The van der Waals surface area contributed by atoms with E-state index in [9.17, 15) is 0 Å². The molecule has 0 bridgehead atoms. The third-order valence-corrected chi connectivity index (χ3v) is 6.51. The summed E-state index contributed by atoms with van der Waals surface area (Å²) < 4.78 is 13.7. The number of hydrogen-bond donors (Lipinski definition) is 0. The summed E-state index contributed by atoms with van der Waals surface area (Å²) in [6.07, 6.45) is 9.51. The molecule has 29 heavy (non-hydrogen) atoms. The molecule has 3 aliphatic rings. The van der Waals surface area contributed by atoms with Gasteiger partial charge in [0.25, 0.3) is 0 Å². The molecule has 6 heteroatoms. The molecule has 0 saturated carbocycles. The van der Waals surface area contributed by atoms with Crippen LogP contribution in [-0.2, 0) is 13.0 Å². The van der Waals surface area contributed by atoms with E-state index < -0.39 is 0 Å². The van der Waals surface area contributed by atoms with Gasteiger partial charge >= 0.3 is 0 Å². The summed E-state index contributed by atoms with van der Waals surface area (Å²) in [6, 6.07) is 6.00. The molecule has 1 aromatic heterocycles. The highest BCUT2D eigenvalue weighted by Crippen LogP contribution is 2.32. The van der Waals surface area contributed by atoms with Crippen LogP contribution in [0.25, 0.3) is 6.08 Å². The van der Waals surface area contributed by atoms with E-state index in [4.69, 9.17) is 9.47 Å². The number of aromatic nitrogens is 3. The summed E-state index contributed by atoms with van der Waals surface area (Å²) in [4.78, 5) is 2.55. The van der Waals surface area contributed by atoms with Gasteiger partial charge in [0, 0.05) is 31.0 Å². The van der Waals surface area contributed by atoms with Gasteiger partial charge in [0.15, 0.2) is 0 Å². The highest BCUT2D eigenvalue weighted by molar-refractivity contribution is 5.64. The Morgan fingerprint density at radius 3 is 2.86 bits per heavy atom. The van der Waals surface area contributed by atoms with Crippen molar-refractivity contribution in [3.8, 4) is 11.5 Å². The van der Waals surface area contributed by atoms with Crippen molar-refractivity contribution >= 4 is 6.08 Å². The first-order chi connectivity index (χ1) is 14.3. The fourth-order valence-corrected chi connectivity index (χ4v) is 4.87. The molecule has 5 rings (SSSR count). The summed E-state index contributed by atoms with van der Waals surface area (Å²) in [6.45, 7) is 4.97. The second-order valence-corrected chi connectivity index (χ2v) is 8.48. The molecule has 3 aliphatic heterocycles. The lowest BCUT2D eigenvalue weighted by Gasteiger charge is -2.33. The monoisotopic (exact) mass is 394 g/mol. The quantitative estimate of drug-likeness (QED) is 0.792. The van der Waals surface area contributed by atoms with Gasteiger partial charge in [-0.15, -0.1) is 10.2 Å². The van der Waals surface area contributed by atoms with Crippen molar-refractivity contribution in [1.29, 1.82) is 0 Å². The van der Waals surface area contributed by atoms with Crippen molar-refractivity contribution < 1.29 is 9.47 Å². The van der Waals surface area contributed by atoms with Gasteiger partial charge in [-0.05, 0) is 68.6 Å². The summed E-state index contributed by atoms with van der Waals surface area (Å²) >= 11 is 0. The van der Waals surface area contributed by atoms with Crippen molar-refractivity contribution in [3.63, 3.8) is 0 Å². The highest BCUT2D eigenvalue weighted by Gasteiger charge is 2.27. The molecule has 0 aliphatic carbocycles. The summed E-state index contributed by atoms with van der Waals surface area (Å²) in [5.74, 6) is 4.81. The minimum atomic E-state index is 0.548. The van der Waals surface area contributed by atoms with Crippen molar-refractivity contribution in [2.24, 2.45) is 0 Å². The summed E-state index contributed by atoms with van der Waals surface area (Å²) in [5.41, 5.74) is 2.45. The van der Waals surface area contributed by atoms with E-state index >= 15 is 0 Å². The number of likely N-dealkylation sites (tertiary alicyclic amines) is 1. The minimum absolute atomic E-state index is 0.548. The Hall–Kier alpha value is -2.34. The third kappa shape index (κ3) is 3.90. The van der Waals surface area contributed by atoms with Gasteiger partial charge in [-0.2, -0.15) is 0 Å². The van der Waals surface area contributed by atoms with Gasteiger partial charge in [0.05, 0.1) is 7.11 Å². The number of hydrogen-bond acceptors (Lipinski definition) is 5. The van der Waals surface area contributed by atoms with Gasteiger partial charge in [-0.25, -0.2) is 0 Å². The molecule has 0 amide bonds. The predicted octanol–water partition coefficient (Wildman–Crippen LogP) is 3.67. The zero-order valence-corrected chi connectivity index (χ0v) is 17.3. The molecule has 0 radical (unpaired) electrons. The maximum atomic E-state index is 5.96. The molecular weight excluding hydrogens is 364 g/mol. The summed E-state index contributed by atoms with van der Waals surface area (Å²) in [5, 5.41) is 9.10. The maximum Gasteiger partial charge on any atom is 0.136 e. The van der Waals surface area contributed by atoms with Crippen LogP contribution in [0.5, 0.6) is 11.5 Å². The van der Waals surface area contributed by atoms with Crippen LogP contribution in [-0.4, -0.2) is 53.0 Å². The Labute approximate surface area is 172 Å². The van der Waals surface area contributed by atoms with Crippen LogP contribution in [0.15, 0.2) is 23.8 Å². The second kappa shape index (κ2) is 8.19. The fraction of sp³-hybridized carbons (Fsp3) is 0.565. The Morgan fingerprint density at radius 1 is 1.10 bits per heavy atom. The van der Waals surface area contributed by atoms with E-state index in [2.05, 4.69) is 31.8 Å². The average Bonchev–Trinajstić information content (AvgIpc) is 3.01.